The van der Waals surface area contributed by atoms with Gasteiger partial charge in [0.1, 0.15) is 0 Å². The number of sulfone groups is 1. The van der Waals surface area contributed by atoms with Gasteiger partial charge in [0.15, 0.2) is 9.84 Å². The highest BCUT2D eigenvalue weighted by Gasteiger charge is 2.21. The molecule has 1 rings (SSSR count). The van der Waals surface area contributed by atoms with Crippen LogP contribution >= 0.6 is 0 Å². The van der Waals surface area contributed by atoms with Crippen molar-refractivity contribution in [2.24, 2.45) is 11.5 Å². The third kappa shape index (κ3) is 4.91. The third-order valence-corrected chi connectivity index (χ3v) is 4.32. The summed E-state index contributed by atoms with van der Waals surface area (Å²) < 4.78 is 23.0. The average molecular weight is 249 g/mol. The quantitative estimate of drug-likeness (QED) is 0.584. The first-order chi connectivity index (χ1) is 7.39. The highest BCUT2D eigenvalue weighted by molar-refractivity contribution is 7.91. The Morgan fingerprint density at radius 3 is 2.56 bits per heavy atom. The fourth-order valence-corrected chi connectivity index (χ4v) is 2.94. The lowest BCUT2D eigenvalue weighted by molar-refractivity contribution is -0.117. The Balaban J connectivity index is 2.28. The largest absolute Gasteiger partial charge is 0.370 e. The monoisotopic (exact) mass is 249 g/mol. The molecule has 6 nitrogen and oxygen atoms in total. The maximum Gasteiger partial charge on any atom is 0.218 e. The average Bonchev–Trinajstić information content (AvgIpc) is 2.59. The number of rotatable bonds is 6. The predicted octanol–water partition coefficient (Wildman–Crippen LogP) is -1.69. The van der Waals surface area contributed by atoms with E-state index in [4.69, 9.17) is 11.5 Å². The van der Waals surface area contributed by atoms with Gasteiger partial charge in [-0.1, -0.05) is 0 Å². The first-order valence-electron chi connectivity index (χ1n) is 5.36. The summed E-state index contributed by atoms with van der Waals surface area (Å²) in [6, 6.07) is 0.160. The van der Waals surface area contributed by atoms with Crippen molar-refractivity contribution < 1.29 is 13.2 Å². The molecule has 1 heterocycles. The molecule has 16 heavy (non-hydrogen) atoms. The minimum Gasteiger partial charge on any atom is -0.370 e. The summed E-state index contributed by atoms with van der Waals surface area (Å²) >= 11 is 0. The summed E-state index contributed by atoms with van der Waals surface area (Å²) in [4.78, 5) is 12.5. The molecule has 0 radical (unpaired) electrons. The van der Waals surface area contributed by atoms with E-state index in [9.17, 15) is 13.2 Å². The van der Waals surface area contributed by atoms with Gasteiger partial charge >= 0.3 is 0 Å². The Morgan fingerprint density at radius 2 is 2.06 bits per heavy atom. The van der Waals surface area contributed by atoms with Gasteiger partial charge in [-0.3, -0.25) is 4.79 Å². The van der Waals surface area contributed by atoms with Gasteiger partial charge in [-0.25, -0.2) is 8.42 Å². The van der Waals surface area contributed by atoms with Crippen molar-refractivity contribution in [3.63, 3.8) is 0 Å². The maximum absolute atomic E-state index is 11.5. The van der Waals surface area contributed by atoms with Gasteiger partial charge in [-0.2, -0.15) is 0 Å². The minimum atomic E-state index is -3.16. The van der Waals surface area contributed by atoms with Crippen LogP contribution in [0.2, 0.25) is 0 Å². The van der Waals surface area contributed by atoms with Crippen LogP contribution in [0.3, 0.4) is 0 Å². The van der Waals surface area contributed by atoms with Gasteiger partial charge < -0.3 is 16.4 Å². The number of hydrogen-bond acceptors (Lipinski definition) is 5. The van der Waals surface area contributed by atoms with Gasteiger partial charge in [-0.05, 0) is 13.0 Å². The zero-order valence-electron chi connectivity index (χ0n) is 9.26. The van der Waals surface area contributed by atoms with Crippen molar-refractivity contribution in [2.75, 3.05) is 31.1 Å². The number of amides is 1. The molecule has 0 aromatic carbocycles. The van der Waals surface area contributed by atoms with E-state index in [0.717, 1.165) is 19.5 Å². The molecule has 0 aromatic rings. The van der Waals surface area contributed by atoms with Crippen molar-refractivity contribution >= 4 is 15.7 Å². The van der Waals surface area contributed by atoms with E-state index in [1.807, 2.05) is 4.90 Å². The van der Waals surface area contributed by atoms with Gasteiger partial charge in [0, 0.05) is 25.6 Å². The predicted molar refractivity (Wildman–Crippen MR) is 61.5 cm³/mol. The normalized spacial score (nSPS) is 22.4. The van der Waals surface area contributed by atoms with Crippen molar-refractivity contribution in [2.45, 2.75) is 18.9 Å². The molecular weight excluding hydrogens is 230 g/mol. The van der Waals surface area contributed by atoms with Gasteiger partial charge in [0.25, 0.3) is 0 Å². The number of nitrogens with zero attached hydrogens (tertiary/aromatic N) is 1. The van der Waals surface area contributed by atoms with E-state index >= 15 is 0 Å². The Bertz CT molecular complexity index is 342. The van der Waals surface area contributed by atoms with Gasteiger partial charge in [0.05, 0.1) is 11.5 Å². The van der Waals surface area contributed by atoms with Gasteiger partial charge in [0.2, 0.25) is 5.91 Å². The zero-order chi connectivity index (χ0) is 12.2. The molecule has 0 spiro atoms. The SMILES string of the molecule is NC(=O)CCS(=O)(=O)CCN1CCC(N)C1. The Morgan fingerprint density at radius 1 is 1.38 bits per heavy atom. The lowest BCUT2D eigenvalue weighted by atomic mass is 10.3. The number of carbonyl (C=O) groups is 1. The summed E-state index contributed by atoms with van der Waals surface area (Å²) in [5.41, 5.74) is 10.6. The standard InChI is InChI=1S/C9H19N3O3S/c10-8-1-3-12(7-8)4-6-16(14,15)5-2-9(11)13/h8H,1-7,10H2,(H2,11,13). The van der Waals surface area contributed by atoms with Crippen molar-refractivity contribution in [3.8, 4) is 0 Å². The van der Waals surface area contributed by atoms with Crippen LogP contribution in [0, 0.1) is 0 Å². The van der Waals surface area contributed by atoms with E-state index < -0.39 is 15.7 Å². The molecule has 7 heteroatoms. The highest BCUT2D eigenvalue weighted by atomic mass is 32.2. The second kappa shape index (κ2) is 5.60. The van der Waals surface area contributed by atoms with E-state index in [1.165, 1.54) is 0 Å². The van der Waals surface area contributed by atoms with Crippen LogP contribution in [-0.2, 0) is 14.6 Å². The second-order valence-corrected chi connectivity index (χ2v) is 6.52. The van der Waals surface area contributed by atoms with E-state index in [0.29, 0.717) is 6.54 Å². The molecule has 1 aliphatic rings. The molecular formula is C9H19N3O3S. The van der Waals surface area contributed by atoms with Gasteiger partial charge in [-0.15, -0.1) is 0 Å². The smallest absolute Gasteiger partial charge is 0.218 e. The molecule has 0 bridgehead atoms. The molecule has 94 valence electrons. The van der Waals surface area contributed by atoms with E-state index in [1.54, 1.807) is 0 Å². The molecule has 4 N–H and O–H groups in total. The van der Waals surface area contributed by atoms with Crippen LogP contribution in [0.1, 0.15) is 12.8 Å². The summed E-state index contributed by atoms with van der Waals surface area (Å²) in [5, 5.41) is 0. The lowest BCUT2D eigenvalue weighted by Gasteiger charge is -2.14. The van der Waals surface area contributed by atoms with Crippen LogP contribution < -0.4 is 11.5 Å². The maximum atomic E-state index is 11.5. The molecule has 0 aromatic heterocycles. The van der Waals surface area contributed by atoms with Crippen LogP contribution in [0.4, 0.5) is 0 Å². The Labute approximate surface area is 95.9 Å². The molecule has 1 atom stereocenters. The second-order valence-electron chi connectivity index (χ2n) is 4.22. The fraction of sp³-hybridized carbons (Fsp3) is 0.889. The lowest BCUT2D eigenvalue weighted by Crippen LogP contribution is -2.31. The molecule has 0 saturated carbocycles. The van der Waals surface area contributed by atoms with Crippen molar-refractivity contribution in [1.29, 1.82) is 0 Å². The molecule has 1 amide bonds. The van der Waals surface area contributed by atoms with Crippen LogP contribution in [-0.4, -0.2) is 56.4 Å². The fourth-order valence-electron chi connectivity index (χ4n) is 1.69. The van der Waals surface area contributed by atoms with Crippen molar-refractivity contribution in [3.05, 3.63) is 0 Å². The Hall–Kier alpha value is -0.660. The molecule has 1 unspecified atom stereocenters. The first-order valence-corrected chi connectivity index (χ1v) is 7.18. The van der Waals surface area contributed by atoms with Crippen LogP contribution in [0.5, 0.6) is 0 Å². The first kappa shape index (κ1) is 13.4. The number of carbonyl (C=O) groups excluding carboxylic acids is 1. The molecule has 1 fully saturated rings. The summed E-state index contributed by atoms with van der Waals surface area (Å²) in [6.07, 6.45) is 0.823. The minimum absolute atomic E-state index is 0.0764. The summed E-state index contributed by atoms with van der Waals surface area (Å²) in [6.45, 7) is 2.10. The zero-order valence-corrected chi connectivity index (χ0v) is 10.1. The van der Waals surface area contributed by atoms with E-state index in [-0.39, 0.29) is 24.0 Å². The molecule has 1 saturated heterocycles. The number of hydrogen-bond donors (Lipinski definition) is 2. The topological polar surface area (TPSA) is 106 Å². The highest BCUT2D eigenvalue weighted by Crippen LogP contribution is 2.07. The molecule has 1 aliphatic heterocycles. The number of likely N-dealkylation sites (tertiary alicyclic amines) is 1. The van der Waals surface area contributed by atoms with Crippen molar-refractivity contribution in [1.82, 2.24) is 4.90 Å². The number of nitrogens with two attached hydrogens (primary N) is 2. The summed E-state index contributed by atoms with van der Waals surface area (Å²) in [7, 11) is -3.16. The third-order valence-electron chi connectivity index (χ3n) is 2.69. The van der Waals surface area contributed by atoms with Crippen LogP contribution in [0.15, 0.2) is 0 Å². The molecule has 0 aliphatic carbocycles. The summed E-state index contributed by atoms with van der Waals surface area (Å²) in [5.74, 6) is -0.651. The van der Waals surface area contributed by atoms with Crippen LogP contribution in [0.25, 0.3) is 0 Å². The van der Waals surface area contributed by atoms with E-state index in [2.05, 4.69) is 0 Å². The number of primary amides is 1. The Kier molecular flexibility index (Phi) is 4.69.